The van der Waals surface area contributed by atoms with E-state index in [0.29, 0.717) is 17.2 Å². The number of esters is 1. The highest BCUT2D eigenvalue weighted by Crippen LogP contribution is 2.47. The highest BCUT2D eigenvalue weighted by Gasteiger charge is 2.32. The summed E-state index contributed by atoms with van der Waals surface area (Å²) in [5.41, 5.74) is 5.20. The lowest BCUT2D eigenvalue weighted by atomic mass is 9.81. The number of carboxylic acids is 1. The molecule has 1 N–H and O–H groups in total. The molecule has 2 aliphatic rings. The van der Waals surface area contributed by atoms with Crippen molar-refractivity contribution >= 4 is 34.7 Å². The molecule has 0 spiro atoms. The quantitative estimate of drug-likeness (QED) is 0.156. The smallest absolute Gasteiger partial charge is 0.343 e. The summed E-state index contributed by atoms with van der Waals surface area (Å²) in [4.78, 5) is 40.7. The van der Waals surface area contributed by atoms with Gasteiger partial charge in [0.15, 0.2) is 5.78 Å². The van der Waals surface area contributed by atoms with E-state index in [-0.39, 0.29) is 24.3 Å². The van der Waals surface area contributed by atoms with Crippen molar-refractivity contribution < 1.29 is 29.0 Å². The Kier molecular flexibility index (Phi) is 8.01. The second kappa shape index (κ2) is 11.6. The van der Waals surface area contributed by atoms with E-state index in [9.17, 15) is 19.5 Å². The minimum atomic E-state index is -1.01. The Morgan fingerprint density at radius 1 is 1.07 bits per heavy atom. The molecule has 0 saturated heterocycles. The summed E-state index contributed by atoms with van der Waals surface area (Å²) < 4.78 is 12.9. The fourth-order valence-corrected chi connectivity index (χ4v) is 6.16. The van der Waals surface area contributed by atoms with Crippen molar-refractivity contribution in [1.82, 2.24) is 9.47 Å². The van der Waals surface area contributed by atoms with E-state index in [4.69, 9.17) is 9.47 Å². The predicted octanol–water partition coefficient (Wildman–Crippen LogP) is 6.04. The molecule has 1 fully saturated rings. The molecule has 0 atom stereocenters. The molecule has 41 heavy (non-hydrogen) atoms. The summed E-state index contributed by atoms with van der Waals surface area (Å²) in [6.07, 6.45) is 8.90. The SMILES string of the molecule is CCOC(=O)C(=CN(C)C)C(=O)C1=Cc2cc(OC)ccc2-c2c(C3CCCCC3)c3ccc(C(=O)O)cc3n2C1. The largest absolute Gasteiger partial charge is 0.497 e. The number of carboxylic acid groups (broad SMARTS) is 1. The topological polar surface area (TPSA) is 98.1 Å². The molecule has 0 radical (unpaired) electrons. The molecule has 214 valence electrons. The third-order valence-electron chi connectivity index (χ3n) is 7.96. The maximum absolute atomic E-state index is 14.1. The lowest BCUT2D eigenvalue weighted by molar-refractivity contribution is -0.139. The molecule has 1 saturated carbocycles. The molecular formula is C33H36N2O6. The van der Waals surface area contributed by atoms with E-state index >= 15 is 0 Å². The summed E-state index contributed by atoms with van der Waals surface area (Å²) in [6, 6.07) is 11.1. The van der Waals surface area contributed by atoms with Gasteiger partial charge in [-0.25, -0.2) is 9.59 Å². The summed E-state index contributed by atoms with van der Waals surface area (Å²) in [5, 5.41) is 10.8. The van der Waals surface area contributed by atoms with Crippen molar-refractivity contribution in [2.75, 3.05) is 27.8 Å². The van der Waals surface area contributed by atoms with Crippen LogP contribution in [0.4, 0.5) is 0 Å². The van der Waals surface area contributed by atoms with E-state index in [1.807, 2.05) is 30.3 Å². The number of benzene rings is 2. The number of ketones is 1. The molecule has 2 heterocycles. The predicted molar refractivity (Wildman–Crippen MR) is 158 cm³/mol. The van der Waals surface area contributed by atoms with Crippen molar-refractivity contribution in [3.63, 3.8) is 0 Å². The standard InChI is InChI=1S/C33H36N2O6/c1-5-41-33(39)27(19-34(2)3)31(36)23-15-22-16-24(40-4)12-14-25(22)30-29(20-9-7-6-8-10-20)26-13-11-21(32(37)38)17-28(26)35(30)18-23/h11-17,19-20H,5-10,18H2,1-4H3,(H,37,38). The molecule has 0 unspecified atom stereocenters. The maximum atomic E-state index is 14.1. The van der Waals surface area contributed by atoms with Gasteiger partial charge in [0, 0.05) is 42.3 Å². The van der Waals surface area contributed by atoms with Crippen molar-refractivity contribution in [3.05, 3.63) is 70.4 Å². The minimum absolute atomic E-state index is 0.0637. The van der Waals surface area contributed by atoms with Gasteiger partial charge in [0.1, 0.15) is 11.3 Å². The van der Waals surface area contributed by atoms with E-state index in [1.165, 1.54) is 18.2 Å². The average molecular weight is 557 g/mol. The summed E-state index contributed by atoms with van der Waals surface area (Å²) >= 11 is 0. The van der Waals surface area contributed by atoms with Crippen molar-refractivity contribution in [1.29, 1.82) is 0 Å². The maximum Gasteiger partial charge on any atom is 0.343 e. The Morgan fingerprint density at radius 3 is 2.49 bits per heavy atom. The van der Waals surface area contributed by atoms with Gasteiger partial charge < -0.3 is 24.0 Å². The number of carbonyl (C=O) groups is 3. The van der Waals surface area contributed by atoms with Crippen LogP contribution in [0.2, 0.25) is 0 Å². The summed E-state index contributed by atoms with van der Waals surface area (Å²) in [6.45, 7) is 2.01. The Hall–Kier alpha value is -4.33. The lowest BCUT2D eigenvalue weighted by Crippen LogP contribution is -2.22. The normalized spacial score (nSPS) is 15.4. The van der Waals surface area contributed by atoms with Crippen LogP contribution in [-0.4, -0.2) is 60.1 Å². The number of ether oxygens (including phenoxy) is 2. The number of Topliss-reactive ketones (excluding diaryl/α,β-unsaturated/α-hetero) is 1. The van der Waals surface area contributed by atoms with Gasteiger partial charge in [0.25, 0.3) is 0 Å². The number of hydrogen-bond donors (Lipinski definition) is 1. The fraction of sp³-hybridized carbons (Fsp3) is 0.364. The number of carbonyl (C=O) groups excluding carboxylic acids is 2. The van der Waals surface area contributed by atoms with Crippen LogP contribution >= 0.6 is 0 Å². The van der Waals surface area contributed by atoms with Crippen LogP contribution in [0.3, 0.4) is 0 Å². The average Bonchev–Trinajstić information content (AvgIpc) is 3.18. The first-order valence-corrected chi connectivity index (χ1v) is 14.1. The van der Waals surface area contributed by atoms with Crippen LogP contribution in [0.15, 0.2) is 53.7 Å². The van der Waals surface area contributed by atoms with Gasteiger partial charge in [-0.1, -0.05) is 25.3 Å². The van der Waals surface area contributed by atoms with Crippen LogP contribution in [0.1, 0.15) is 66.4 Å². The number of hydrogen-bond acceptors (Lipinski definition) is 6. The van der Waals surface area contributed by atoms with Gasteiger partial charge >= 0.3 is 11.9 Å². The van der Waals surface area contributed by atoms with Crippen LogP contribution < -0.4 is 4.74 Å². The highest BCUT2D eigenvalue weighted by atomic mass is 16.5. The van der Waals surface area contributed by atoms with Crippen molar-refractivity contribution in [2.24, 2.45) is 0 Å². The molecule has 1 aliphatic carbocycles. The molecular weight excluding hydrogens is 520 g/mol. The van der Waals surface area contributed by atoms with Crippen LogP contribution in [0.5, 0.6) is 5.75 Å². The number of fused-ring (bicyclic) bond motifs is 5. The minimum Gasteiger partial charge on any atom is -0.497 e. The third kappa shape index (κ3) is 5.38. The van der Waals surface area contributed by atoms with Gasteiger partial charge in [-0.05, 0) is 73.2 Å². The van der Waals surface area contributed by atoms with E-state index in [0.717, 1.165) is 53.4 Å². The zero-order valence-corrected chi connectivity index (χ0v) is 24.0. The molecule has 1 aliphatic heterocycles. The second-order valence-electron chi connectivity index (χ2n) is 10.9. The number of aromatic carboxylic acids is 1. The van der Waals surface area contributed by atoms with Gasteiger partial charge in [-0.2, -0.15) is 0 Å². The molecule has 8 nitrogen and oxygen atoms in total. The van der Waals surface area contributed by atoms with E-state index in [2.05, 4.69) is 4.57 Å². The van der Waals surface area contributed by atoms with E-state index in [1.54, 1.807) is 45.2 Å². The number of nitrogens with zero attached hydrogens (tertiary/aromatic N) is 2. The molecule has 3 aromatic rings. The first-order valence-electron chi connectivity index (χ1n) is 14.1. The molecule has 0 amide bonds. The Bertz CT molecular complexity index is 1590. The molecule has 8 heteroatoms. The molecule has 5 rings (SSSR count). The molecule has 1 aromatic heterocycles. The Balaban J connectivity index is 1.80. The fourth-order valence-electron chi connectivity index (χ4n) is 6.16. The van der Waals surface area contributed by atoms with Gasteiger partial charge in [0.05, 0.1) is 31.5 Å². The monoisotopic (exact) mass is 556 g/mol. The Morgan fingerprint density at radius 2 is 1.83 bits per heavy atom. The number of aromatic nitrogens is 1. The number of allylic oxidation sites excluding steroid dienone is 1. The van der Waals surface area contributed by atoms with E-state index < -0.39 is 17.7 Å². The summed E-state index contributed by atoms with van der Waals surface area (Å²) in [7, 11) is 5.09. The van der Waals surface area contributed by atoms with Gasteiger partial charge in [-0.15, -0.1) is 0 Å². The second-order valence-corrected chi connectivity index (χ2v) is 10.9. The Labute approximate surface area is 239 Å². The highest BCUT2D eigenvalue weighted by molar-refractivity contribution is 6.25. The molecule has 2 aromatic carbocycles. The zero-order chi connectivity index (χ0) is 29.3. The van der Waals surface area contributed by atoms with Crippen LogP contribution in [0, 0.1) is 0 Å². The molecule has 0 bridgehead atoms. The van der Waals surface area contributed by atoms with Crippen LogP contribution in [-0.2, 0) is 20.9 Å². The first kappa shape index (κ1) is 28.2. The number of rotatable bonds is 8. The summed E-state index contributed by atoms with van der Waals surface area (Å²) in [5.74, 6) is -1.16. The van der Waals surface area contributed by atoms with Crippen molar-refractivity contribution in [2.45, 2.75) is 51.5 Å². The zero-order valence-electron chi connectivity index (χ0n) is 24.0. The van der Waals surface area contributed by atoms with Crippen molar-refractivity contribution in [3.8, 4) is 17.0 Å². The van der Waals surface area contributed by atoms with Crippen LogP contribution in [0.25, 0.3) is 28.2 Å². The lowest BCUT2D eigenvalue weighted by Gasteiger charge is -2.24. The first-order chi connectivity index (χ1) is 19.7. The number of methoxy groups -OCH3 is 1. The van der Waals surface area contributed by atoms with Gasteiger partial charge in [-0.3, -0.25) is 4.79 Å². The van der Waals surface area contributed by atoms with Gasteiger partial charge in [0.2, 0.25) is 0 Å². The third-order valence-corrected chi connectivity index (χ3v) is 7.96.